The minimum Gasteiger partial charge on any atom is -0.383 e. The molecule has 0 aliphatic heterocycles. The minimum absolute atomic E-state index is 0.252. The number of nitrogens with two attached hydrogens (primary N) is 1. The summed E-state index contributed by atoms with van der Waals surface area (Å²) in [6, 6.07) is 1.77. The van der Waals surface area contributed by atoms with Crippen molar-refractivity contribution >= 4 is 17.6 Å². The summed E-state index contributed by atoms with van der Waals surface area (Å²) in [5, 5.41) is 4.70. The lowest BCUT2D eigenvalue weighted by molar-refractivity contribution is 0.715. The number of thioether (sulfide) groups is 1. The van der Waals surface area contributed by atoms with Gasteiger partial charge in [0.15, 0.2) is 5.16 Å². The van der Waals surface area contributed by atoms with Gasteiger partial charge in [-0.05, 0) is 12.2 Å². The molecule has 0 radical (unpaired) electrons. The first kappa shape index (κ1) is 12.6. The van der Waals surface area contributed by atoms with E-state index in [1.165, 1.54) is 16.4 Å². The molecule has 2 rings (SSSR count). The van der Waals surface area contributed by atoms with E-state index in [1.807, 2.05) is 13.8 Å². The fourth-order valence-corrected chi connectivity index (χ4v) is 1.76. The average molecular weight is 266 g/mol. The molecule has 2 heterocycles. The van der Waals surface area contributed by atoms with E-state index < -0.39 is 5.69 Å². The quantitative estimate of drug-likeness (QED) is 0.796. The number of aromatic nitrogens is 5. The van der Waals surface area contributed by atoms with Gasteiger partial charge in [-0.2, -0.15) is 19.7 Å². The molecule has 0 bridgehead atoms. The van der Waals surface area contributed by atoms with Crippen molar-refractivity contribution < 1.29 is 0 Å². The van der Waals surface area contributed by atoms with E-state index in [2.05, 4.69) is 20.1 Å². The molecule has 0 spiro atoms. The van der Waals surface area contributed by atoms with Crippen molar-refractivity contribution in [3.8, 4) is 5.95 Å². The molecule has 0 saturated heterocycles. The molecule has 7 nitrogen and oxygen atoms in total. The summed E-state index contributed by atoms with van der Waals surface area (Å²) < 4.78 is 1.41. The number of nitrogens with one attached hydrogen (secondary N) is 1. The molecule has 8 heteroatoms. The smallest absolute Gasteiger partial charge is 0.350 e. The minimum atomic E-state index is -0.467. The molecule has 2 aromatic rings. The highest BCUT2D eigenvalue weighted by atomic mass is 32.2. The van der Waals surface area contributed by atoms with Gasteiger partial charge in [0.25, 0.3) is 0 Å². The maximum Gasteiger partial charge on any atom is 0.350 e. The molecular formula is C10H14N6OS. The monoisotopic (exact) mass is 266 g/mol. The molecule has 18 heavy (non-hydrogen) atoms. The normalized spacial score (nSPS) is 11.1. The van der Waals surface area contributed by atoms with Crippen LogP contribution in [0.15, 0.2) is 16.0 Å². The Morgan fingerprint density at radius 1 is 1.44 bits per heavy atom. The zero-order valence-electron chi connectivity index (χ0n) is 10.3. The number of hydrogen-bond acceptors (Lipinski definition) is 6. The summed E-state index contributed by atoms with van der Waals surface area (Å²) in [6.07, 6.45) is 1.80. The van der Waals surface area contributed by atoms with Crippen LogP contribution in [0.4, 0.5) is 5.82 Å². The van der Waals surface area contributed by atoms with Crippen molar-refractivity contribution in [1.82, 2.24) is 24.7 Å². The second-order valence-electron chi connectivity index (χ2n) is 4.02. The number of nitrogen functional groups attached to an aromatic ring is 1. The molecule has 0 saturated carbocycles. The van der Waals surface area contributed by atoms with Crippen LogP contribution >= 0.6 is 11.8 Å². The second-order valence-corrected chi connectivity index (χ2v) is 4.80. The standard InChI is InChI=1S/C10H14N6OS/c1-5(2)6-4-7(11)16(15-6)8-12-9(17)14-10(13-8)18-3/h4-5H,11H2,1-3H3,(H,12,13,14,17). The summed E-state index contributed by atoms with van der Waals surface area (Å²) in [4.78, 5) is 21.8. The Hall–Kier alpha value is -1.83. The zero-order chi connectivity index (χ0) is 13.3. The van der Waals surface area contributed by atoms with E-state index >= 15 is 0 Å². The molecule has 96 valence electrons. The van der Waals surface area contributed by atoms with Gasteiger partial charge in [0.1, 0.15) is 5.82 Å². The molecule has 2 aromatic heterocycles. The van der Waals surface area contributed by atoms with Crippen molar-refractivity contribution in [2.75, 3.05) is 12.0 Å². The number of anilines is 1. The first-order valence-corrected chi connectivity index (χ1v) is 6.62. The van der Waals surface area contributed by atoms with Crippen molar-refractivity contribution in [3.05, 3.63) is 22.2 Å². The van der Waals surface area contributed by atoms with Crippen LogP contribution in [0.2, 0.25) is 0 Å². The van der Waals surface area contributed by atoms with Gasteiger partial charge < -0.3 is 5.73 Å². The van der Waals surface area contributed by atoms with Gasteiger partial charge in [0, 0.05) is 6.07 Å². The molecule has 3 N–H and O–H groups in total. The van der Waals surface area contributed by atoms with Crippen molar-refractivity contribution in [1.29, 1.82) is 0 Å². The number of nitrogens with zero attached hydrogens (tertiary/aromatic N) is 4. The first-order chi connectivity index (χ1) is 8.51. The van der Waals surface area contributed by atoms with Crippen LogP contribution < -0.4 is 11.4 Å². The second kappa shape index (κ2) is 4.81. The molecule has 0 aliphatic rings. The van der Waals surface area contributed by atoms with Crippen LogP contribution in [0.1, 0.15) is 25.5 Å². The summed E-state index contributed by atoms with van der Waals surface area (Å²) in [7, 11) is 0. The average Bonchev–Trinajstić information content (AvgIpc) is 2.70. The van der Waals surface area contributed by atoms with E-state index in [0.29, 0.717) is 11.0 Å². The van der Waals surface area contributed by atoms with Crippen LogP contribution in [-0.2, 0) is 0 Å². The van der Waals surface area contributed by atoms with Gasteiger partial charge in [0.05, 0.1) is 5.69 Å². The van der Waals surface area contributed by atoms with Crippen LogP contribution in [0.3, 0.4) is 0 Å². The molecule has 0 unspecified atom stereocenters. The number of aromatic amines is 1. The van der Waals surface area contributed by atoms with E-state index in [-0.39, 0.29) is 11.9 Å². The van der Waals surface area contributed by atoms with Crippen molar-refractivity contribution in [3.63, 3.8) is 0 Å². The van der Waals surface area contributed by atoms with Crippen molar-refractivity contribution in [2.45, 2.75) is 24.9 Å². The lowest BCUT2D eigenvalue weighted by Crippen LogP contribution is -2.18. The maximum absolute atomic E-state index is 11.4. The van der Waals surface area contributed by atoms with Crippen LogP contribution in [0.25, 0.3) is 5.95 Å². The third-order valence-electron chi connectivity index (χ3n) is 2.35. The molecule has 0 aliphatic carbocycles. The van der Waals surface area contributed by atoms with E-state index in [1.54, 1.807) is 12.3 Å². The van der Waals surface area contributed by atoms with E-state index in [4.69, 9.17) is 5.73 Å². The van der Waals surface area contributed by atoms with Crippen LogP contribution in [0, 0.1) is 0 Å². The van der Waals surface area contributed by atoms with Gasteiger partial charge in [-0.3, -0.25) is 4.98 Å². The Balaban J connectivity index is 2.54. The topological polar surface area (TPSA) is 102 Å². The Labute approximate surface area is 108 Å². The SMILES string of the molecule is CSc1nc(-n2nc(C(C)C)cc2N)[nH]c(=O)n1. The lowest BCUT2D eigenvalue weighted by atomic mass is 10.1. The number of hydrogen-bond donors (Lipinski definition) is 2. The first-order valence-electron chi connectivity index (χ1n) is 5.39. The summed E-state index contributed by atoms with van der Waals surface area (Å²) in [5.74, 6) is 0.964. The Morgan fingerprint density at radius 2 is 2.17 bits per heavy atom. The van der Waals surface area contributed by atoms with Gasteiger partial charge >= 0.3 is 5.69 Å². The highest BCUT2D eigenvalue weighted by Crippen LogP contribution is 2.18. The Kier molecular flexibility index (Phi) is 3.37. The molecule has 0 fully saturated rings. The van der Waals surface area contributed by atoms with Gasteiger partial charge in [-0.1, -0.05) is 25.6 Å². The molecule has 0 amide bonds. The maximum atomic E-state index is 11.4. The molecular weight excluding hydrogens is 252 g/mol. The van der Waals surface area contributed by atoms with Crippen LogP contribution in [-0.4, -0.2) is 31.0 Å². The number of rotatable bonds is 3. The summed E-state index contributed by atoms with van der Waals surface area (Å²) in [5.41, 5.74) is 6.24. The molecule has 0 atom stereocenters. The summed E-state index contributed by atoms with van der Waals surface area (Å²) >= 11 is 1.29. The van der Waals surface area contributed by atoms with Crippen LogP contribution in [0.5, 0.6) is 0 Å². The summed E-state index contributed by atoms with van der Waals surface area (Å²) in [6.45, 7) is 4.03. The van der Waals surface area contributed by atoms with E-state index in [9.17, 15) is 4.79 Å². The highest BCUT2D eigenvalue weighted by Gasteiger charge is 2.12. The Bertz CT molecular complexity index is 617. The fraction of sp³-hybridized carbons (Fsp3) is 0.400. The molecule has 0 aromatic carbocycles. The van der Waals surface area contributed by atoms with Gasteiger partial charge in [-0.15, -0.1) is 0 Å². The van der Waals surface area contributed by atoms with Gasteiger partial charge in [-0.25, -0.2) is 4.79 Å². The third kappa shape index (κ3) is 2.37. The predicted molar refractivity (Wildman–Crippen MR) is 70.1 cm³/mol. The zero-order valence-corrected chi connectivity index (χ0v) is 11.2. The largest absolute Gasteiger partial charge is 0.383 e. The Morgan fingerprint density at radius 3 is 2.72 bits per heavy atom. The number of H-pyrrole nitrogens is 1. The lowest BCUT2D eigenvalue weighted by Gasteiger charge is -2.03. The fourth-order valence-electron chi connectivity index (χ4n) is 1.41. The highest BCUT2D eigenvalue weighted by molar-refractivity contribution is 7.98. The van der Waals surface area contributed by atoms with Crippen molar-refractivity contribution in [2.24, 2.45) is 0 Å². The van der Waals surface area contributed by atoms with Gasteiger partial charge in [0.2, 0.25) is 5.95 Å². The third-order valence-corrected chi connectivity index (χ3v) is 2.90. The predicted octanol–water partition coefficient (Wildman–Crippen LogP) is 0.778. The van der Waals surface area contributed by atoms with E-state index in [0.717, 1.165) is 5.69 Å².